The van der Waals surface area contributed by atoms with Crippen LogP contribution in [0.3, 0.4) is 0 Å². The number of piperidine rings is 1. The van der Waals surface area contributed by atoms with Gasteiger partial charge in [0, 0.05) is 62.0 Å². The summed E-state index contributed by atoms with van der Waals surface area (Å²) in [5, 5.41) is 15.4. The highest BCUT2D eigenvalue weighted by Gasteiger charge is 2.49. The van der Waals surface area contributed by atoms with Crippen LogP contribution in [0.2, 0.25) is 5.02 Å². The smallest absolute Gasteiger partial charge is 0.227 e. The van der Waals surface area contributed by atoms with Crippen molar-refractivity contribution in [2.75, 3.05) is 26.2 Å². The molecule has 2 aliphatic rings. The molecule has 0 saturated carbocycles. The highest BCUT2D eigenvalue weighted by molar-refractivity contribution is 6.30. The van der Waals surface area contributed by atoms with Crippen LogP contribution in [0.25, 0.3) is 0 Å². The predicted octanol–water partition coefficient (Wildman–Crippen LogP) is 2.44. The summed E-state index contributed by atoms with van der Waals surface area (Å²) in [7, 11) is 0. The van der Waals surface area contributed by atoms with Crippen LogP contribution < -0.4 is 5.32 Å². The van der Waals surface area contributed by atoms with Crippen molar-refractivity contribution in [3.05, 3.63) is 59.1 Å². The van der Waals surface area contributed by atoms with Crippen molar-refractivity contribution >= 4 is 17.5 Å². The third-order valence-corrected chi connectivity index (χ3v) is 6.76. The second kappa shape index (κ2) is 8.01. The fraction of sp³-hybridized carbons (Fsp3) is 0.500. The van der Waals surface area contributed by atoms with E-state index in [1.165, 1.54) is 0 Å². The fourth-order valence-electron chi connectivity index (χ4n) is 4.87. The molecule has 29 heavy (non-hydrogen) atoms. The van der Waals surface area contributed by atoms with Gasteiger partial charge in [-0.1, -0.05) is 31.5 Å². The fourth-order valence-corrected chi connectivity index (χ4v) is 4.99. The van der Waals surface area contributed by atoms with Gasteiger partial charge < -0.3 is 15.3 Å². The maximum absolute atomic E-state index is 13.4. The minimum Gasteiger partial charge on any atom is -0.383 e. The van der Waals surface area contributed by atoms with Crippen LogP contribution in [-0.2, 0) is 10.4 Å². The lowest BCUT2D eigenvalue weighted by Crippen LogP contribution is -2.57. The molecule has 0 aromatic carbocycles. The molecule has 0 spiro atoms. The van der Waals surface area contributed by atoms with E-state index < -0.39 is 5.60 Å². The number of aliphatic hydroxyl groups is 1. The summed E-state index contributed by atoms with van der Waals surface area (Å²) in [5.74, 6) is -0.247. The zero-order valence-electron chi connectivity index (χ0n) is 16.8. The van der Waals surface area contributed by atoms with E-state index in [9.17, 15) is 9.90 Å². The van der Waals surface area contributed by atoms with Crippen LogP contribution in [0.5, 0.6) is 0 Å². The first-order valence-corrected chi connectivity index (χ1v) is 10.5. The van der Waals surface area contributed by atoms with E-state index >= 15 is 0 Å². The minimum atomic E-state index is -1.04. The molecule has 2 fully saturated rings. The van der Waals surface area contributed by atoms with Crippen molar-refractivity contribution in [3.63, 3.8) is 0 Å². The van der Waals surface area contributed by atoms with Gasteiger partial charge in [-0.05, 0) is 24.3 Å². The number of aromatic nitrogens is 2. The zero-order chi connectivity index (χ0) is 20.6. The number of pyridine rings is 2. The maximum atomic E-state index is 13.4. The van der Waals surface area contributed by atoms with E-state index in [0.717, 1.165) is 12.2 Å². The molecule has 2 N–H and O–H groups in total. The standard InChI is InChI=1S/C22H27ClN4O2/c1-14-12-27(13-15(2)22(14,29)20-5-3-4-8-25-20)21(28)18-11-24-10-17(18)19-7-6-16(23)9-26-19/h3-9,14-15,17-18,24,29H,10-13H2,1-2H3/t14-,15+,17-,18-,22+/m1/s1. The van der Waals surface area contributed by atoms with Gasteiger partial charge in [0.1, 0.15) is 5.60 Å². The molecule has 2 aliphatic heterocycles. The van der Waals surface area contributed by atoms with E-state index in [1.54, 1.807) is 12.4 Å². The monoisotopic (exact) mass is 414 g/mol. The molecule has 2 aromatic heterocycles. The van der Waals surface area contributed by atoms with E-state index in [0.29, 0.717) is 30.4 Å². The van der Waals surface area contributed by atoms with Crippen LogP contribution in [-0.4, -0.2) is 52.1 Å². The number of carbonyl (C=O) groups excluding carboxylic acids is 1. The van der Waals surface area contributed by atoms with E-state index in [2.05, 4.69) is 15.3 Å². The first kappa shape index (κ1) is 20.3. The number of likely N-dealkylation sites (tertiary alicyclic amines) is 1. The van der Waals surface area contributed by atoms with Crippen LogP contribution in [0.1, 0.15) is 31.2 Å². The maximum Gasteiger partial charge on any atom is 0.227 e. The molecular formula is C22H27ClN4O2. The number of amides is 1. The lowest BCUT2D eigenvalue weighted by atomic mass is 9.72. The van der Waals surface area contributed by atoms with Crippen molar-refractivity contribution in [1.82, 2.24) is 20.2 Å². The van der Waals surface area contributed by atoms with Crippen LogP contribution in [0.15, 0.2) is 42.7 Å². The molecule has 2 aromatic rings. The molecule has 6 nitrogen and oxygen atoms in total. The number of nitrogens with zero attached hydrogens (tertiary/aromatic N) is 3. The average Bonchev–Trinajstić information content (AvgIpc) is 3.22. The Labute approximate surface area is 176 Å². The lowest BCUT2D eigenvalue weighted by Gasteiger charge is -2.48. The molecular weight excluding hydrogens is 388 g/mol. The first-order valence-electron chi connectivity index (χ1n) is 10.2. The van der Waals surface area contributed by atoms with Gasteiger partial charge in [-0.15, -0.1) is 0 Å². The summed E-state index contributed by atoms with van der Waals surface area (Å²) in [6.07, 6.45) is 3.34. The van der Waals surface area contributed by atoms with Gasteiger partial charge in [0.25, 0.3) is 0 Å². The molecule has 0 aliphatic carbocycles. The Morgan fingerprint density at radius 1 is 1.17 bits per heavy atom. The summed E-state index contributed by atoms with van der Waals surface area (Å²) in [6.45, 7) is 6.37. The highest BCUT2D eigenvalue weighted by Crippen LogP contribution is 2.41. The molecule has 4 rings (SSSR count). The average molecular weight is 415 g/mol. The highest BCUT2D eigenvalue weighted by atomic mass is 35.5. The second-order valence-corrected chi connectivity index (χ2v) is 8.79. The minimum absolute atomic E-state index is 0.0296. The van der Waals surface area contributed by atoms with Gasteiger partial charge in [0.15, 0.2) is 0 Å². The summed E-state index contributed by atoms with van der Waals surface area (Å²) in [4.78, 5) is 24.2. The van der Waals surface area contributed by atoms with E-state index in [-0.39, 0.29) is 29.6 Å². The summed E-state index contributed by atoms with van der Waals surface area (Å²) < 4.78 is 0. The molecule has 0 bridgehead atoms. The Morgan fingerprint density at radius 3 is 2.55 bits per heavy atom. The van der Waals surface area contributed by atoms with E-state index in [4.69, 9.17) is 11.6 Å². The van der Waals surface area contributed by atoms with Gasteiger partial charge in [0.05, 0.1) is 16.6 Å². The van der Waals surface area contributed by atoms with Gasteiger partial charge in [-0.2, -0.15) is 0 Å². The number of hydrogen-bond acceptors (Lipinski definition) is 5. The molecule has 1 amide bonds. The number of hydrogen-bond donors (Lipinski definition) is 2. The normalized spacial score (nSPS) is 32.3. The van der Waals surface area contributed by atoms with Gasteiger partial charge in [0.2, 0.25) is 5.91 Å². The second-order valence-electron chi connectivity index (χ2n) is 8.36. The Hall–Kier alpha value is -2.02. The number of carbonyl (C=O) groups is 1. The van der Waals surface area contributed by atoms with Crippen molar-refractivity contribution in [3.8, 4) is 0 Å². The third-order valence-electron chi connectivity index (χ3n) is 6.54. The first-order chi connectivity index (χ1) is 13.9. The van der Waals surface area contributed by atoms with Crippen molar-refractivity contribution in [1.29, 1.82) is 0 Å². The Balaban J connectivity index is 1.52. The van der Waals surface area contributed by atoms with Crippen LogP contribution >= 0.6 is 11.6 Å². The number of rotatable bonds is 3. The lowest BCUT2D eigenvalue weighted by molar-refractivity contribution is -0.153. The summed E-state index contributed by atoms with van der Waals surface area (Å²) >= 11 is 5.97. The topological polar surface area (TPSA) is 78.4 Å². The van der Waals surface area contributed by atoms with Crippen molar-refractivity contribution in [2.45, 2.75) is 25.4 Å². The predicted molar refractivity (Wildman–Crippen MR) is 111 cm³/mol. The van der Waals surface area contributed by atoms with Gasteiger partial charge in [-0.25, -0.2) is 0 Å². The molecule has 7 heteroatoms. The summed E-state index contributed by atoms with van der Waals surface area (Å²) in [6, 6.07) is 9.33. The molecule has 0 unspecified atom stereocenters. The van der Waals surface area contributed by atoms with Crippen LogP contribution in [0.4, 0.5) is 0 Å². The SMILES string of the molecule is C[C@@H]1CN(C(=O)[C@@H]2CNC[C@H]2c2ccc(Cl)cn2)C[C@H](C)[C@]1(O)c1ccccn1. The summed E-state index contributed by atoms with van der Waals surface area (Å²) in [5.41, 5.74) is 0.530. The molecule has 4 heterocycles. The molecule has 0 radical (unpaired) electrons. The van der Waals surface area contributed by atoms with E-state index in [1.807, 2.05) is 49.1 Å². The number of nitrogens with one attached hydrogen (secondary N) is 1. The Morgan fingerprint density at radius 2 is 1.93 bits per heavy atom. The Bertz CT molecular complexity index is 849. The molecule has 5 atom stereocenters. The number of halogens is 1. The molecule has 154 valence electrons. The van der Waals surface area contributed by atoms with Crippen molar-refractivity contribution < 1.29 is 9.90 Å². The quantitative estimate of drug-likeness (QED) is 0.806. The zero-order valence-corrected chi connectivity index (χ0v) is 17.5. The van der Waals surface area contributed by atoms with Crippen molar-refractivity contribution in [2.24, 2.45) is 17.8 Å². The third kappa shape index (κ3) is 3.65. The van der Waals surface area contributed by atoms with Crippen LogP contribution in [0, 0.1) is 17.8 Å². The molecule has 2 saturated heterocycles. The largest absolute Gasteiger partial charge is 0.383 e. The van der Waals surface area contributed by atoms with Gasteiger partial charge in [-0.3, -0.25) is 14.8 Å². The van der Waals surface area contributed by atoms with Gasteiger partial charge >= 0.3 is 0 Å². The Kier molecular flexibility index (Phi) is 5.60.